The molecule has 0 aliphatic rings. The summed E-state index contributed by atoms with van der Waals surface area (Å²) < 4.78 is 0. The van der Waals surface area contributed by atoms with Crippen LogP contribution < -0.4 is 0 Å². The van der Waals surface area contributed by atoms with E-state index in [4.69, 9.17) is 0 Å². The first kappa shape index (κ1) is 33.3. The summed E-state index contributed by atoms with van der Waals surface area (Å²) in [6.45, 7) is 0. The lowest BCUT2D eigenvalue weighted by Gasteiger charge is -2.19. The van der Waals surface area contributed by atoms with Crippen LogP contribution in [0.4, 0.5) is 0 Å². The SMILES string of the molecule is c1ccc(-c2ccc(-c3ccc(-c4cc(-c5c6ccccc6c(-c6ccccc6)c6ccccc56)ccc4-c4ccc(-c5ccccc5)cc4)cc3)cc2)cc1. The number of fused-ring (bicyclic) bond motifs is 2. The molecular weight excluding hydrogens is 673 g/mol. The van der Waals surface area contributed by atoms with Gasteiger partial charge < -0.3 is 0 Å². The molecule has 0 amide bonds. The fourth-order valence-corrected chi connectivity index (χ4v) is 8.35. The molecule has 0 nitrogen and oxygen atoms in total. The van der Waals surface area contributed by atoms with E-state index in [1.807, 2.05) is 0 Å². The molecule has 0 heterocycles. The average molecular weight is 711 g/mol. The third-order valence-electron chi connectivity index (χ3n) is 11.1. The van der Waals surface area contributed by atoms with E-state index in [-0.39, 0.29) is 0 Å². The lowest BCUT2D eigenvalue weighted by atomic mass is 9.84. The van der Waals surface area contributed by atoms with E-state index in [0.717, 1.165) is 0 Å². The van der Waals surface area contributed by atoms with Crippen molar-refractivity contribution < 1.29 is 0 Å². The van der Waals surface area contributed by atoms with Gasteiger partial charge in [0.1, 0.15) is 0 Å². The van der Waals surface area contributed by atoms with Crippen LogP contribution in [0.1, 0.15) is 0 Å². The summed E-state index contributed by atoms with van der Waals surface area (Å²) in [5.41, 5.74) is 17.1. The lowest BCUT2D eigenvalue weighted by molar-refractivity contribution is 1.55. The van der Waals surface area contributed by atoms with Crippen LogP contribution in [0.3, 0.4) is 0 Å². The molecule has 0 spiro atoms. The van der Waals surface area contributed by atoms with E-state index in [9.17, 15) is 0 Å². The van der Waals surface area contributed by atoms with Crippen LogP contribution in [-0.4, -0.2) is 0 Å². The molecule has 10 rings (SSSR count). The van der Waals surface area contributed by atoms with Gasteiger partial charge in [-0.2, -0.15) is 0 Å². The highest BCUT2D eigenvalue weighted by molar-refractivity contribution is 6.21. The van der Waals surface area contributed by atoms with Gasteiger partial charge in [-0.15, -0.1) is 0 Å². The largest absolute Gasteiger partial charge is 0.0622 e. The minimum absolute atomic E-state index is 1.19. The molecule has 0 radical (unpaired) electrons. The van der Waals surface area contributed by atoms with Crippen molar-refractivity contribution in [2.75, 3.05) is 0 Å². The molecule has 0 aromatic heterocycles. The van der Waals surface area contributed by atoms with Crippen molar-refractivity contribution in [2.45, 2.75) is 0 Å². The molecule has 0 bridgehead atoms. The molecule has 0 saturated carbocycles. The highest BCUT2D eigenvalue weighted by atomic mass is 14.2. The summed E-state index contributed by atoms with van der Waals surface area (Å²) in [7, 11) is 0. The molecule has 10 aromatic carbocycles. The van der Waals surface area contributed by atoms with E-state index in [0.29, 0.717) is 0 Å². The molecule has 0 unspecified atom stereocenters. The monoisotopic (exact) mass is 710 g/mol. The first-order valence-electron chi connectivity index (χ1n) is 19.3. The highest BCUT2D eigenvalue weighted by Gasteiger charge is 2.18. The minimum Gasteiger partial charge on any atom is -0.0622 e. The molecule has 0 N–H and O–H groups in total. The van der Waals surface area contributed by atoms with Gasteiger partial charge in [0.2, 0.25) is 0 Å². The summed E-state index contributed by atoms with van der Waals surface area (Å²) in [4.78, 5) is 0. The standard InChI is InChI=1S/C56H38/c1-4-14-39(15-5-1)41-24-26-43(27-25-41)44-30-34-46(35-31-44)54-38-48(36-37-49(54)45-32-28-42(29-33-45)40-16-6-2-7-17-40)56-52-22-12-10-20-50(52)55(47-18-8-3-9-19-47)51-21-11-13-23-53(51)56/h1-38H. The number of hydrogen-bond acceptors (Lipinski definition) is 0. The predicted molar refractivity (Wildman–Crippen MR) is 240 cm³/mol. The molecule has 0 atom stereocenters. The fourth-order valence-electron chi connectivity index (χ4n) is 8.35. The van der Waals surface area contributed by atoms with Gasteiger partial charge in [-0.25, -0.2) is 0 Å². The van der Waals surface area contributed by atoms with Crippen LogP contribution in [-0.2, 0) is 0 Å². The van der Waals surface area contributed by atoms with Crippen LogP contribution in [0.15, 0.2) is 231 Å². The zero-order valence-corrected chi connectivity index (χ0v) is 30.9. The van der Waals surface area contributed by atoms with Gasteiger partial charge >= 0.3 is 0 Å². The first-order valence-corrected chi connectivity index (χ1v) is 19.3. The molecular formula is C56H38. The van der Waals surface area contributed by atoms with Crippen molar-refractivity contribution in [2.24, 2.45) is 0 Å². The van der Waals surface area contributed by atoms with Crippen molar-refractivity contribution >= 4 is 21.5 Å². The van der Waals surface area contributed by atoms with Gasteiger partial charge in [0.05, 0.1) is 0 Å². The van der Waals surface area contributed by atoms with Crippen molar-refractivity contribution in [1.29, 1.82) is 0 Å². The maximum Gasteiger partial charge on any atom is -0.00261 e. The maximum absolute atomic E-state index is 2.42. The lowest BCUT2D eigenvalue weighted by Crippen LogP contribution is -1.92. The van der Waals surface area contributed by atoms with E-state index in [2.05, 4.69) is 231 Å². The Morgan fingerprint density at radius 2 is 0.429 bits per heavy atom. The second kappa shape index (κ2) is 14.5. The Morgan fingerprint density at radius 3 is 0.821 bits per heavy atom. The average Bonchev–Trinajstić information content (AvgIpc) is 3.29. The van der Waals surface area contributed by atoms with E-state index in [1.165, 1.54) is 99.4 Å². The normalized spacial score (nSPS) is 11.2. The Kier molecular flexibility index (Phi) is 8.63. The van der Waals surface area contributed by atoms with Gasteiger partial charge in [0.15, 0.2) is 0 Å². The number of rotatable bonds is 7. The maximum atomic E-state index is 2.42. The molecule has 0 saturated heterocycles. The smallest absolute Gasteiger partial charge is 0.00261 e. The van der Waals surface area contributed by atoms with Gasteiger partial charge in [-0.3, -0.25) is 0 Å². The summed E-state index contributed by atoms with van der Waals surface area (Å²) in [5, 5.41) is 5.03. The van der Waals surface area contributed by atoms with E-state index >= 15 is 0 Å². The van der Waals surface area contributed by atoms with Gasteiger partial charge in [-0.05, 0) is 105 Å². The Labute approximate surface area is 328 Å². The minimum atomic E-state index is 1.19. The van der Waals surface area contributed by atoms with Crippen molar-refractivity contribution in [3.8, 4) is 77.9 Å². The van der Waals surface area contributed by atoms with Crippen LogP contribution in [0, 0.1) is 0 Å². The van der Waals surface area contributed by atoms with Gasteiger partial charge in [-0.1, -0.05) is 224 Å². The zero-order valence-electron chi connectivity index (χ0n) is 30.9. The quantitative estimate of drug-likeness (QED) is 0.144. The summed E-state index contributed by atoms with van der Waals surface area (Å²) in [6, 6.07) is 83.9. The van der Waals surface area contributed by atoms with Crippen molar-refractivity contribution in [3.05, 3.63) is 231 Å². The molecule has 56 heavy (non-hydrogen) atoms. The molecule has 0 heteroatoms. The van der Waals surface area contributed by atoms with Crippen molar-refractivity contribution in [3.63, 3.8) is 0 Å². The van der Waals surface area contributed by atoms with Gasteiger partial charge in [0, 0.05) is 0 Å². The summed E-state index contributed by atoms with van der Waals surface area (Å²) in [6.07, 6.45) is 0. The predicted octanol–water partition coefficient (Wildman–Crippen LogP) is 15.7. The Morgan fingerprint density at radius 1 is 0.161 bits per heavy atom. The Hall–Kier alpha value is -7.28. The van der Waals surface area contributed by atoms with E-state index < -0.39 is 0 Å². The third-order valence-corrected chi connectivity index (χ3v) is 11.1. The van der Waals surface area contributed by atoms with E-state index in [1.54, 1.807) is 0 Å². The molecule has 0 fully saturated rings. The van der Waals surface area contributed by atoms with Crippen molar-refractivity contribution in [1.82, 2.24) is 0 Å². The van der Waals surface area contributed by atoms with Gasteiger partial charge in [0.25, 0.3) is 0 Å². The highest BCUT2D eigenvalue weighted by Crippen LogP contribution is 2.45. The molecule has 10 aromatic rings. The van der Waals surface area contributed by atoms with Crippen LogP contribution in [0.2, 0.25) is 0 Å². The van der Waals surface area contributed by atoms with Crippen LogP contribution in [0.5, 0.6) is 0 Å². The first-order chi connectivity index (χ1) is 27.8. The number of benzene rings is 10. The third kappa shape index (κ3) is 6.18. The molecule has 0 aliphatic carbocycles. The topological polar surface area (TPSA) is 0 Å². The van der Waals surface area contributed by atoms with Crippen LogP contribution in [0.25, 0.3) is 99.4 Å². The second-order valence-corrected chi connectivity index (χ2v) is 14.4. The zero-order chi connectivity index (χ0) is 37.3. The Balaban J connectivity index is 1.13. The number of hydrogen-bond donors (Lipinski definition) is 0. The fraction of sp³-hybridized carbons (Fsp3) is 0. The second-order valence-electron chi connectivity index (χ2n) is 14.4. The Bertz CT molecular complexity index is 2890. The summed E-state index contributed by atoms with van der Waals surface area (Å²) >= 11 is 0. The van der Waals surface area contributed by atoms with Crippen LogP contribution >= 0.6 is 0 Å². The molecule has 262 valence electrons. The summed E-state index contributed by atoms with van der Waals surface area (Å²) in [5.74, 6) is 0. The molecule has 0 aliphatic heterocycles.